The molecular formula is C26H21N3O6S. The van der Waals surface area contributed by atoms with Crippen LogP contribution in [0.1, 0.15) is 26.8 Å². The summed E-state index contributed by atoms with van der Waals surface area (Å²) in [5.41, 5.74) is 2.22. The molecule has 0 unspecified atom stereocenters. The molecule has 1 aliphatic heterocycles. The van der Waals surface area contributed by atoms with Crippen LogP contribution in [0, 0.1) is 10.1 Å². The van der Waals surface area contributed by atoms with Gasteiger partial charge in [-0.2, -0.15) is 0 Å². The zero-order chi connectivity index (χ0) is 25.4. The normalized spacial score (nSPS) is 15.6. The molecule has 0 aliphatic carbocycles. The minimum absolute atomic E-state index is 0.0306. The van der Waals surface area contributed by atoms with Crippen molar-refractivity contribution >= 4 is 39.6 Å². The Hall–Kier alpha value is -4.44. The maximum absolute atomic E-state index is 13.3. The van der Waals surface area contributed by atoms with E-state index in [0.29, 0.717) is 22.6 Å². The molecule has 36 heavy (non-hydrogen) atoms. The number of nitro groups is 1. The number of aliphatic hydroxyl groups excluding tert-OH is 1. The number of carbonyl (C=O) groups is 2. The van der Waals surface area contributed by atoms with Gasteiger partial charge >= 0.3 is 0 Å². The summed E-state index contributed by atoms with van der Waals surface area (Å²) in [4.78, 5) is 42.2. The summed E-state index contributed by atoms with van der Waals surface area (Å²) in [5, 5.41) is 24.6. The van der Waals surface area contributed by atoms with Crippen LogP contribution in [0.5, 0.6) is 5.75 Å². The second kappa shape index (κ2) is 9.31. The van der Waals surface area contributed by atoms with Gasteiger partial charge in [0.05, 0.1) is 28.5 Å². The predicted molar refractivity (Wildman–Crippen MR) is 134 cm³/mol. The smallest absolute Gasteiger partial charge is 0.290 e. The number of aromatic amines is 1. The number of carbonyl (C=O) groups excluding carboxylic acids is 2. The largest absolute Gasteiger partial charge is 0.503 e. The van der Waals surface area contributed by atoms with Crippen molar-refractivity contribution in [3.63, 3.8) is 0 Å². The number of Topliss-reactive ketones (excluding diaryl/α,β-unsaturated/α-hetero) is 1. The van der Waals surface area contributed by atoms with Gasteiger partial charge in [0.1, 0.15) is 5.75 Å². The number of amides is 1. The molecule has 0 spiro atoms. The van der Waals surface area contributed by atoms with Crippen LogP contribution in [0.4, 0.5) is 5.69 Å². The van der Waals surface area contributed by atoms with Crippen LogP contribution in [0.3, 0.4) is 0 Å². The lowest BCUT2D eigenvalue weighted by molar-refractivity contribution is -0.384. The number of nitrogens with one attached hydrogen (secondary N) is 1. The van der Waals surface area contributed by atoms with Gasteiger partial charge in [-0.3, -0.25) is 19.7 Å². The van der Waals surface area contributed by atoms with Crippen LogP contribution in [-0.4, -0.2) is 45.3 Å². The molecule has 1 aliphatic rings. The number of nitro benzene ring substituents is 1. The third-order valence-electron chi connectivity index (χ3n) is 6.31. The Bertz CT molecular complexity index is 1500. The minimum atomic E-state index is -0.882. The number of thiophene rings is 1. The van der Waals surface area contributed by atoms with E-state index in [0.717, 1.165) is 16.5 Å². The summed E-state index contributed by atoms with van der Waals surface area (Å²) in [6.45, 7) is 0.204. The van der Waals surface area contributed by atoms with Gasteiger partial charge in [-0.05, 0) is 59.3 Å². The Kier molecular flexibility index (Phi) is 6.03. The second-order valence-corrected chi connectivity index (χ2v) is 9.24. The molecule has 3 heterocycles. The van der Waals surface area contributed by atoms with E-state index < -0.39 is 28.4 Å². The zero-order valence-electron chi connectivity index (χ0n) is 19.1. The molecule has 2 N–H and O–H groups in total. The Morgan fingerprint density at radius 1 is 1.22 bits per heavy atom. The average molecular weight is 504 g/mol. The highest BCUT2D eigenvalue weighted by Gasteiger charge is 2.43. The number of aliphatic hydroxyl groups is 1. The van der Waals surface area contributed by atoms with Gasteiger partial charge in [-0.25, -0.2) is 0 Å². The quantitative estimate of drug-likeness (QED) is 0.199. The number of aromatic nitrogens is 1. The number of hydrogen-bond acceptors (Lipinski definition) is 7. The van der Waals surface area contributed by atoms with Crippen LogP contribution >= 0.6 is 11.3 Å². The SMILES string of the molecule is COc1ccc2[nH]cc(CCN3C(=O)C(O)=C(C(=O)c4cccs4)[C@H]3c3ccc([N+](=O)[O-])cc3)c2c1. The zero-order valence-corrected chi connectivity index (χ0v) is 20.0. The van der Waals surface area contributed by atoms with E-state index >= 15 is 0 Å². The first-order valence-electron chi connectivity index (χ1n) is 11.1. The number of methoxy groups -OCH3 is 1. The summed E-state index contributed by atoms with van der Waals surface area (Å²) >= 11 is 1.21. The Morgan fingerprint density at radius 3 is 2.67 bits per heavy atom. The van der Waals surface area contributed by atoms with Crippen LogP contribution in [0.15, 0.2) is 77.5 Å². The van der Waals surface area contributed by atoms with Gasteiger partial charge in [0.25, 0.3) is 11.6 Å². The van der Waals surface area contributed by atoms with Crippen LogP contribution in [0.25, 0.3) is 10.9 Å². The van der Waals surface area contributed by atoms with Crippen molar-refractivity contribution in [1.82, 2.24) is 9.88 Å². The van der Waals surface area contributed by atoms with Crippen molar-refractivity contribution in [1.29, 1.82) is 0 Å². The first-order valence-corrected chi connectivity index (χ1v) is 12.0. The monoisotopic (exact) mass is 503 g/mol. The molecular weight excluding hydrogens is 482 g/mol. The first kappa shape index (κ1) is 23.3. The van der Waals surface area contributed by atoms with E-state index in [1.54, 1.807) is 24.6 Å². The molecule has 5 rings (SSSR count). The number of benzene rings is 2. The predicted octanol–water partition coefficient (Wildman–Crippen LogP) is 4.97. The van der Waals surface area contributed by atoms with Crippen molar-refractivity contribution < 1.29 is 24.4 Å². The molecule has 2 aromatic carbocycles. The third-order valence-corrected chi connectivity index (χ3v) is 7.18. The highest BCUT2D eigenvalue weighted by Crippen LogP contribution is 2.40. The van der Waals surface area contributed by atoms with Gasteiger partial charge in [0, 0.05) is 35.8 Å². The molecule has 1 atom stereocenters. The summed E-state index contributed by atoms with van der Waals surface area (Å²) < 4.78 is 5.33. The summed E-state index contributed by atoms with van der Waals surface area (Å²) in [6.07, 6.45) is 2.30. The van der Waals surface area contributed by atoms with Gasteiger partial charge in [-0.1, -0.05) is 6.07 Å². The Morgan fingerprint density at radius 2 is 2.00 bits per heavy atom. The Labute approximate surface area is 209 Å². The number of rotatable bonds is 8. The summed E-state index contributed by atoms with van der Waals surface area (Å²) in [5.74, 6) is -1.00. The number of ether oxygens (including phenoxy) is 1. The molecule has 1 amide bonds. The molecule has 4 aromatic rings. The minimum Gasteiger partial charge on any atom is -0.503 e. The summed E-state index contributed by atoms with van der Waals surface area (Å²) in [7, 11) is 1.59. The van der Waals surface area contributed by atoms with Crippen LogP contribution < -0.4 is 4.74 Å². The van der Waals surface area contributed by atoms with Gasteiger partial charge in [0.15, 0.2) is 5.76 Å². The molecule has 10 heteroatoms. The molecule has 0 fully saturated rings. The number of nitrogens with zero attached hydrogens (tertiary/aromatic N) is 2. The highest BCUT2D eigenvalue weighted by atomic mass is 32.1. The molecule has 0 radical (unpaired) electrons. The molecule has 0 saturated heterocycles. The third kappa shape index (κ3) is 4.01. The fourth-order valence-electron chi connectivity index (χ4n) is 4.51. The molecule has 9 nitrogen and oxygen atoms in total. The fraction of sp³-hybridized carbons (Fsp3) is 0.154. The van der Waals surface area contributed by atoms with Crippen LogP contribution in [-0.2, 0) is 11.2 Å². The lowest BCUT2D eigenvalue weighted by atomic mass is 9.95. The number of H-pyrrole nitrogens is 1. The topological polar surface area (TPSA) is 126 Å². The lowest BCUT2D eigenvalue weighted by Crippen LogP contribution is -2.33. The second-order valence-electron chi connectivity index (χ2n) is 8.29. The molecule has 0 bridgehead atoms. The number of hydrogen-bond donors (Lipinski definition) is 2. The highest BCUT2D eigenvalue weighted by molar-refractivity contribution is 7.12. The van der Waals surface area contributed by atoms with E-state index in [4.69, 9.17) is 4.74 Å². The van der Waals surface area contributed by atoms with E-state index in [1.807, 2.05) is 24.4 Å². The van der Waals surface area contributed by atoms with Crippen molar-refractivity contribution in [3.8, 4) is 5.75 Å². The van der Waals surface area contributed by atoms with Crippen molar-refractivity contribution in [2.75, 3.05) is 13.7 Å². The molecule has 182 valence electrons. The van der Waals surface area contributed by atoms with Gasteiger partial charge in [0.2, 0.25) is 5.78 Å². The standard InChI is InChI=1S/C26H21N3O6S/c1-35-18-8-9-20-19(13-18)16(14-27-20)10-11-28-23(15-4-6-17(7-5-15)29(33)34)22(25(31)26(28)32)24(30)21-3-2-12-36-21/h2-9,12-14,23,27,31H,10-11H2,1H3/t23-/m1/s1. The lowest BCUT2D eigenvalue weighted by Gasteiger charge is -2.26. The number of ketones is 1. The number of fused-ring (bicyclic) bond motifs is 1. The average Bonchev–Trinajstić information content (AvgIpc) is 3.62. The first-order chi connectivity index (χ1) is 17.4. The van der Waals surface area contributed by atoms with E-state index in [2.05, 4.69) is 4.98 Å². The van der Waals surface area contributed by atoms with Crippen molar-refractivity contribution in [3.05, 3.63) is 104 Å². The van der Waals surface area contributed by atoms with E-state index in [1.165, 1.54) is 40.5 Å². The van der Waals surface area contributed by atoms with Gasteiger partial charge in [-0.15, -0.1) is 11.3 Å². The van der Waals surface area contributed by atoms with E-state index in [-0.39, 0.29) is 17.8 Å². The van der Waals surface area contributed by atoms with Crippen molar-refractivity contribution in [2.24, 2.45) is 0 Å². The maximum Gasteiger partial charge on any atom is 0.290 e. The number of non-ortho nitro benzene ring substituents is 1. The summed E-state index contributed by atoms with van der Waals surface area (Å²) in [6, 6.07) is 13.8. The maximum atomic E-state index is 13.3. The Balaban J connectivity index is 1.51. The van der Waals surface area contributed by atoms with E-state index in [9.17, 15) is 24.8 Å². The van der Waals surface area contributed by atoms with Crippen molar-refractivity contribution in [2.45, 2.75) is 12.5 Å². The molecule has 2 aromatic heterocycles. The molecule has 0 saturated carbocycles. The van der Waals surface area contributed by atoms with Crippen LogP contribution in [0.2, 0.25) is 0 Å². The fourth-order valence-corrected chi connectivity index (χ4v) is 5.19. The van der Waals surface area contributed by atoms with Gasteiger partial charge < -0.3 is 19.7 Å².